The van der Waals surface area contributed by atoms with E-state index in [4.69, 9.17) is 4.74 Å². The van der Waals surface area contributed by atoms with Gasteiger partial charge in [-0.2, -0.15) is 0 Å². The number of rotatable bonds is 6. The standard InChI is InChI=1S/C20H23NO3/c1-2-17(14-6-4-3-5-7-14)20(23)21-13-18(22)15-8-9-19-16(12-15)10-11-24-19/h3-9,12,17-18,22H,2,10-11,13H2,1H3,(H,21,23)/t17-,18-/m1/s1. The molecule has 4 nitrogen and oxygen atoms in total. The monoisotopic (exact) mass is 325 g/mol. The van der Waals surface area contributed by atoms with E-state index in [2.05, 4.69) is 5.32 Å². The van der Waals surface area contributed by atoms with Gasteiger partial charge in [0.2, 0.25) is 5.91 Å². The molecule has 0 radical (unpaired) electrons. The van der Waals surface area contributed by atoms with E-state index < -0.39 is 6.10 Å². The first kappa shape index (κ1) is 16.5. The topological polar surface area (TPSA) is 58.6 Å². The lowest BCUT2D eigenvalue weighted by Crippen LogP contribution is -2.32. The number of hydrogen-bond donors (Lipinski definition) is 2. The van der Waals surface area contributed by atoms with E-state index in [1.165, 1.54) is 0 Å². The van der Waals surface area contributed by atoms with Crippen LogP contribution >= 0.6 is 0 Å². The molecule has 0 saturated carbocycles. The number of aliphatic hydroxyl groups excluding tert-OH is 1. The molecule has 0 fully saturated rings. The molecule has 0 bridgehead atoms. The van der Waals surface area contributed by atoms with Crippen LogP contribution in [0.1, 0.15) is 42.1 Å². The minimum Gasteiger partial charge on any atom is -0.493 e. The Morgan fingerprint density at radius 3 is 2.75 bits per heavy atom. The number of nitrogens with one attached hydrogen (secondary N) is 1. The van der Waals surface area contributed by atoms with Gasteiger partial charge in [0.1, 0.15) is 5.75 Å². The average molecular weight is 325 g/mol. The Morgan fingerprint density at radius 1 is 1.21 bits per heavy atom. The van der Waals surface area contributed by atoms with Crippen molar-refractivity contribution in [1.82, 2.24) is 5.32 Å². The first-order chi connectivity index (χ1) is 11.7. The van der Waals surface area contributed by atoms with E-state index in [9.17, 15) is 9.90 Å². The van der Waals surface area contributed by atoms with Crippen molar-refractivity contribution in [2.75, 3.05) is 13.2 Å². The summed E-state index contributed by atoms with van der Waals surface area (Å²) in [6.45, 7) is 2.90. The van der Waals surface area contributed by atoms with Crippen LogP contribution in [0.3, 0.4) is 0 Å². The van der Waals surface area contributed by atoms with Gasteiger partial charge in [0.25, 0.3) is 0 Å². The van der Waals surface area contributed by atoms with Gasteiger partial charge in [-0.25, -0.2) is 0 Å². The maximum Gasteiger partial charge on any atom is 0.227 e. The largest absolute Gasteiger partial charge is 0.493 e. The predicted octanol–water partition coefficient (Wildman–Crippen LogP) is 2.96. The zero-order valence-electron chi connectivity index (χ0n) is 13.9. The van der Waals surface area contributed by atoms with Gasteiger partial charge in [0.05, 0.1) is 18.6 Å². The highest BCUT2D eigenvalue weighted by atomic mass is 16.5. The average Bonchev–Trinajstić information content (AvgIpc) is 3.09. The van der Waals surface area contributed by atoms with Crippen LogP contribution in [0, 0.1) is 0 Å². The lowest BCUT2D eigenvalue weighted by atomic mass is 9.95. The third-order valence-electron chi connectivity index (χ3n) is 4.49. The maximum absolute atomic E-state index is 12.5. The highest BCUT2D eigenvalue weighted by Gasteiger charge is 2.20. The summed E-state index contributed by atoms with van der Waals surface area (Å²) in [4.78, 5) is 12.5. The summed E-state index contributed by atoms with van der Waals surface area (Å²) in [6.07, 6.45) is 0.879. The van der Waals surface area contributed by atoms with Crippen LogP contribution in [0.15, 0.2) is 48.5 Å². The summed E-state index contributed by atoms with van der Waals surface area (Å²) in [5, 5.41) is 13.2. The van der Waals surface area contributed by atoms with Gasteiger partial charge in [-0.15, -0.1) is 0 Å². The van der Waals surface area contributed by atoms with Gasteiger partial charge in [-0.3, -0.25) is 4.79 Å². The number of ether oxygens (including phenoxy) is 1. The SMILES string of the molecule is CC[C@@H](C(=O)NC[C@@H](O)c1ccc2c(c1)CCO2)c1ccccc1. The Morgan fingerprint density at radius 2 is 2.00 bits per heavy atom. The van der Waals surface area contributed by atoms with Crippen LogP contribution in [-0.4, -0.2) is 24.2 Å². The second-order valence-corrected chi connectivity index (χ2v) is 6.10. The molecule has 0 unspecified atom stereocenters. The van der Waals surface area contributed by atoms with Crippen molar-refractivity contribution in [1.29, 1.82) is 0 Å². The van der Waals surface area contributed by atoms with E-state index >= 15 is 0 Å². The van der Waals surface area contributed by atoms with Crippen LogP contribution < -0.4 is 10.1 Å². The quantitative estimate of drug-likeness (QED) is 0.858. The molecule has 1 aliphatic heterocycles. The molecule has 4 heteroatoms. The molecule has 2 aromatic rings. The Kier molecular flexibility index (Phi) is 5.16. The molecule has 0 saturated heterocycles. The summed E-state index contributed by atoms with van der Waals surface area (Å²) in [5.41, 5.74) is 2.93. The van der Waals surface area contributed by atoms with Gasteiger partial charge in [-0.05, 0) is 35.2 Å². The normalized spacial score (nSPS) is 15.2. The van der Waals surface area contributed by atoms with Crippen LogP contribution in [0.2, 0.25) is 0 Å². The van der Waals surface area contributed by atoms with Gasteiger partial charge in [0, 0.05) is 13.0 Å². The Labute approximate surface area is 142 Å². The fourth-order valence-electron chi connectivity index (χ4n) is 3.11. The van der Waals surface area contributed by atoms with Gasteiger partial charge < -0.3 is 15.2 Å². The third-order valence-corrected chi connectivity index (χ3v) is 4.49. The molecule has 126 valence electrons. The Balaban J connectivity index is 1.61. The van der Waals surface area contributed by atoms with E-state index in [1.54, 1.807) is 0 Å². The summed E-state index contributed by atoms with van der Waals surface area (Å²) >= 11 is 0. The number of benzene rings is 2. The van der Waals surface area contributed by atoms with E-state index in [-0.39, 0.29) is 18.4 Å². The molecule has 1 aliphatic rings. The molecule has 1 heterocycles. The molecule has 0 aromatic heterocycles. The number of amides is 1. The molecule has 2 atom stereocenters. The second kappa shape index (κ2) is 7.49. The number of fused-ring (bicyclic) bond motifs is 1. The van der Waals surface area contributed by atoms with Gasteiger partial charge in [-0.1, -0.05) is 43.3 Å². The van der Waals surface area contributed by atoms with Crippen LogP contribution in [0.4, 0.5) is 0 Å². The number of aliphatic hydroxyl groups is 1. The minimum atomic E-state index is -0.715. The number of carbonyl (C=O) groups is 1. The molecular formula is C20H23NO3. The smallest absolute Gasteiger partial charge is 0.227 e. The van der Waals surface area contributed by atoms with Crippen LogP contribution in [-0.2, 0) is 11.2 Å². The molecular weight excluding hydrogens is 302 g/mol. The highest BCUT2D eigenvalue weighted by Crippen LogP contribution is 2.28. The van der Waals surface area contributed by atoms with Crippen molar-refractivity contribution < 1.29 is 14.6 Å². The van der Waals surface area contributed by atoms with Crippen molar-refractivity contribution >= 4 is 5.91 Å². The zero-order valence-corrected chi connectivity index (χ0v) is 13.9. The number of carbonyl (C=O) groups excluding carboxylic acids is 1. The van der Waals surface area contributed by atoms with Crippen LogP contribution in [0.5, 0.6) is 5.75 Å². The lowest BCUT2D eigenvalue weighted by molar-refractivity contribution is -0.123. The minimum absolute atomic E-state index is 0.0488. The first-order valence-corrected chi connectivity index (χ1v) is 8.45. The number of hydrogen-bond acceptors (Lipinski definition) is 3. The summed E-state index contributed by atoms with van der Waals surface area (Å²) < 4.78 is 5.48. The van der Waals surface area contributed by atoms with E-state index in [1.807, 2.05) is 55.5 Å². The van der Waals surface area contributed by atoms with Crippen molar-refractivity contribution in [2.24, 2.45) is 0 Å². The van der Waals surface area contributed by atoms with Gasteiger partial charge in [0.15, 0.2) is 0 Å². The molecule has 0 spiro atoms. The summed E-state index contributed by atoms with van der Waals surface area (Å²) in [7, 11) is 0. The van der Waals surface area contributed by atoms with Crippen LogP contribution in [0.25, 0.3) is 0 Å². The van der Waals surface area contributed by atoms with E-state index in [0.29, 0.717) is 6.61 Å². The van der Waals surface area contributed by atoms with Crippen molar-refractivity contribution in [2.45, 2.75) is 31.8 Å². The second-order valence-electron chi connectivity index (χ2n) is 6.10. The van der Waals surface area contributed by atoms with Crippen molar-refractivity contribution in [3.63, 3.8) is 0 Å². The Hall–Kier alpha value is -2.33. The predicted molar refractivity (Wildman–Crippen MR) is 93.1 cm³/mol. The van der Waals surface area contributed by atoms with Crippen molar-refractivity contribution in [3.05, 3.63) is 65.2 Å². The summed E-state index contributed by atoms with van der Waals surface area (Å²) in [5.74, 6) is 0.657. The maximum atomic E-state index is 12.5. The first-order valence-electron chi connectivity index (χ1n) is 8.45. The molecule has 1 amide bonds. The lowest BCUT2D eigenvalue weighted by Gasteiger charge is -2.18. The fraction of sp³-hybridized carbons (Fsp3) is 0.350. The molecule has 3 rings (SSSR count). The summed E-state index contributed by atoms with van der Waals surface area (Å²) in [6, 6.07) is 15.5. The highest BCUT2D eigenvalue weighted by molar-refractivity contribution is 5.83. The Bertz CT molecular complexity index is 699. The molecule has 0 aliphatic carbocycles. The van der Waals surface area contributed by atoms with Crippen molar-refractivity contribution in [3.8, 4) is 5.75 Å². The molecule has 2 aromatic carbocycles. The third kappa shape index (κ3) is 3.60. The zero-order chi connectivity index (χ0) is 16.9. The molecule has 2 N–H and O–H groups in total. The van der Waals surface area contributed by atoms with E-state index in [0.717, 1.165) is 35.3 Å². The fourth-order valence-corrected chi connectivity index (χ4v) is 3.11. The molecule has 24 heavy (non-hydrogen) atoms. The van der Waals surface area contributed by atoms with Gasteiger partial charge >= 0.3 is 0 Å².